The Morgan fingerprint density at radius 2 is 1.58 bits per heavy atom. The topological polar surface area (TPSA) is 12.0 Å². The highest BCUT2D eigenvalue weighted by molar-refractivity contribution is 6.83. The highest BCUT2D eigenvalue weighted by Gasteiger charge is 2.09. The lowest BCUT2D eigenvalue weighted by Crippen LogP contribution is -2.18. The largest absolute Gasteiger partial charge is 0.306 e. The first-order valence-electron chi connectivity index (χ1n) is 9.25. The zero-order chi connectivity index (χ0) is 18.6. The van der Waals surface area contributed by atoms with E-state index in [9.17, 15) is 0 Å². The van der Waals surface area contributed by atoms with E-state index >= 15 is 0 Å². The molecule has 1 N–H and O–H groups in total. The quantitative estimate of drug-likeness (QED) is 0.451. The van der Waals surface area contributed by atoms with Gasteiger partial charge >= 0.3 is 0 Å². The third-order valence-corrected chi connectivity index (χ3v) is 5.31. The molecule has 2 heteroatoms. The van der Waals surface area contributed by atoms with E-state index in [1.807, 2.05) is 0 Å². The van der Waals surface area contributed by atoms with Crippen LogP contribution in [0.2, 0.25) is 19.6 Å². The molecule has 1 unspecified atom stereocenters. The molecule has 0 radical (unpaired) electrons. The molecule has 0 fully saturated rings. The van der Waals surface area contributed by atoms with Crippen LogP contribution in [-0.2, 0) is 6.54 Å². The number of hydrogen-bond donors (Lipinski definition) is 1. The van der Waals surface area contributed by atoms with Crippen LogP contribution in [0.1, 0.15) is 29.7 Å². The molecule has 0 aromatic heterocycles. The molecule has 1 atom stereocenters. The van der Waals surface area contributed by atoms with Crippen LogP contribution in [0.4, 0.5) is 0 Å². The van der Waals surface area contributed by atoms with Crippen LogP contribution in [0.15, 0.2) is 66.7 Å². The Balaban J connectivity index is 1.67. The van der Waals surface area contributed by atoms with Crippen molar-refractivity contribution in [1.82, 2.24) is 5.32 Å². The van der Waals surface area contributed by atoms with Gasteiger partial charge < -0.3 is 5.32 Å². The molecule has 0 aliphatic rings. The van der Waals surface area contributed by atoms with Crippen molar-refractivity contribution in [3.63, 3.8) is 0 Å². The van der Waals surface area contributed by atoms with Gasteiger partial charge in [-0.1, -0.05) is 80.2 Å². The maximum Gasteiger partial charge on any atom is 0.129 e. The second-order valence-corrected chi connectivity index (χ2v) is 12.6. The molecular weight excluding hydrogens is 330 g/mol. The minimum Gasteiger partial charge on any atom is -0.306 e. The SMILES string of the molecule is CC(NCc1ccc(C#C[Si](C)(C)C)cc1)c1cccc2ccccc12. The molecule has 0 heterocycles. The molecule has 0 saturated carbocycles. The lowest BCUT2D eigenvalue weighted by molar-refractivity contribution is 0.578. The van der Waals surface area contributed by atoms with Crippen molar-refractivity contribution in [2.75, 3.05) is 0 Å². The van der Waals surface area contributed by atoms with Gasteiger partial charge in [-0.05, 0) is 41.0 Å². The predicted molar refractivity (Wildman–Crippen MR) is 116 cm³/mol. The third-order valence-electron chi connectivity index (χ3n) is 4.44. The van der Waals surface area contributed by atoms with Crippen molar-refractivity contribution in [3.8, 4) is 11.5 Å². The molecule has 0 saturated heterocycles. The average Bonchev–Trinajstić information content (AvgIpc) is 2.64. The van der Waals surface area contributed by atoms with Crippen molar-refractivity contribution < 1.29 is 0 Å². The van der Waals surface area contributed by atoms with Crippen LogP contribution >= 0.6 is 0 Å². The Morgan fingerprint density at radius 3 is 2.31 bits per heavy atom. The number of benzene rings is 3. The molecule has 3 aromatic rings. The molecular formula is C24H27NSi. The summed E-state index contributed by atoms with van der Waals surface area (Å²) < 4.78 is 0. The lowest BCUT2D eigenvalue weighted by atomic mass is 9.99. The van der Waals surface area contributed by atoms with E-state index in [0.717, 1.165) is 12.1 Å². The van der Waals surface area contributed by atoms with Gasteiger partial charge in [-0.25, -0.2) is 0 Å². The zero-order valence-corrected chi connectivity index (χ0v) is 17.1. The minimum atomic E-state index is -1.32. The minimum absolute atomic E-state index is 0.299. The first-order valence-corrected chi connectivity index (χ1v) is 12.8. The molecule has 3 rings (SSSR count). The van der Waals surface area contributed by atoms with Crippen LogP contribution < -0.4 is 5.32 Å². The van der Waals surface area contributed by atoms with E-state index in [1.165, 1.54) is 21.9 Å². The summed E-state index contributed by atoms with van der Waals surface area (Å²) in [5.41, 5.74) is 7.16. The van der Waals surface area contributed by atoms with Crippen molar-refractivity contribution in [2.45, 2.75) is 39.2 Å². The van der Waals surface area contributed by atoms with Gasteiger partial charge in [0.2, 0.25) is 0 Å². The first kappa shape index (κ1) is 18.4. The van der Waals surface area contributed by atoms with Gasteiger partial charge in [0.1, 0.15) is 8.07 Å². The monoisotopic (exact) mass is 357 g/mol. The summed E-state index contributed by atoms with van der Waals surface area (Å²) in [5, 5.41) is 6.28. The molecule has 26 heavy (non-hydrogen) atoms. The van der Waals surface area contributed by atoms with Crippen molar-refractivity contribution in [2.24, 2.45) is 0 Å². The lowest BCUT2D eigenvalue weighted by Gasteiger charge is -2.17. The number of nitrogens with one attached hydrogen (secondary N) is 1. The van der Waals surface area contributed by atoms with E-state index in [0.29, 0.717) is 6.04 Å². The van der Waals surface area contributed by atoms with Crippen molar-refractivity contribution in [3.05, 3.63) is 83.4 Å². The van der Waals surface area contributed by atoms with E-state index in [1.54, 1.807) is 0 Å². The normalized spacial score (nSPS) is 12.5. The second-order valence-electron chi connectivity index (χ2n) is 7.87. The third kappa shape index (κ3) is 4.85. The van der Waals surface area contributed by atoms with Gasteiger partial charge in [0.05, 0.1) is 0 Å². The van der Waals surface area contributed by atoms with E-state index in [-0.39, 0.29) is 0 Å². The highest BCUT2D eigenvalue weighted by atomic mass is 28.3. The van der Waals surface area contributed by atoms with Gasteiger partial charge in [0, 0.05) is 18.2 Å². The van der Waals surface area contributed by atoms with Gasteiger partial charge in [0.15, 0.2) is 0 Å². The molecule has 0 aliphatic carbocycles. The Morgan fingerprint density at radius 1 is 0.885 bits per heavy atom. The summed E-state index contributed by atoms with van der Waals surface area (Å²) in [5.74, 6) is 3.31. The van der Waals surface area contributed by atoms with E-state index < -0.39 is 8.07 Å². The van der Waals surface area contributed by atoms with Gasteiger partial charge in [-0.15, -0.1) is 5.54 Å². The Hall–Kier alpha value is -2.34. The molecule has 0 bridgehead atoms. The molecule has 132 valence electrons. The summed E-state index contributed by atoms with van der Waals surface area (Å²) in [6, 6.07) is 24.0. The van der Waals surface area contributed by atoms with Crippen LogP contribution in [0.5, 0.6) is 0 Å². The summed E-state index contributed by atoms with van der Waals surface area (Å²) in [6.07, 6.45) is 0. The Kier molecular flexibility index (Phi) is 5.61. The van der Waals surface area contributed by atoms with Gasteiger partial charge in [0.25, 0.3) is 0 Å². The second kappa shape index (κ2) is 7.91. The summed E-state index contributed by atoms with van der Waals surface area (Å²) >= 11 is 0. The first-order chi connectivity index (χ1) is 12.4. The standard InChI is InChI=1S/C24H27NSi/c1-19(23-11-7-9-22-8-5-6-10-24(22)23)25-18-21-14-12-20(13-15-21)16-17-26(2,3)4/h5-15,19,25H,18H2,1-4H3. The molecule has 3 aromatic carbocycles. The summed E-state index contributed by atoms with van der Waals surface area (Å²) in [6.45, 7) is 9.90. The predicted octanol–water partition coefficient (Wildman–Crippen LogP) is 5.92. The Bertz CT molecular complexity index is 934. The fourth-order valence-electron chi connectivity index (χ4n) is 2.97. The number of hydrogen-bond acceptors (Lipinski definition) is 1. The van der Waals surface area contributed by atoms with Crippen molar-refractivity contribution in [1.29, 1.82) is 0 Å². The fraction of sp³-hybridized carbons (Fsp3) is 0.250. The van der Waals surface area contributed by atoms with Crippen LogP contribution in [0.25, 0.3) is 10.8 Å². The Labute approximate surface area is 158 Å². The van der Waals surface area contributed by atoms with Crippen LogP contribution in [0.3, 0.4) is 0 Å². The summed E-state index contributed by atoms with van der Waals surface area (Å²) in [4.78, 5) is 0. The number of fused-ring (bicyclic) bond motifs is 1. The van der Waals surface area contributed by atoms with E-state index in [4.69, 9.17) is 0 Å². The zero-order valence-electron chi connectivity index (χ0n) is 16.1. The maximum atomic E-state index is 3.65. The molecule has 0 spiro atoms. The smallest absolute Gasteiger partial charge is 0.129 e. The molecule has 1 nitrogen and oxygen atoms in total. The fourth-order valence-corrected chi connectivity index (χ4v) is 3.49. The molecule has 0 amide bonds. The van der Waals surface area contributed by atoms with Gasteiger partial charge in [-0.2, -0.15) is 0 Å². The van der Waals surface area contributed by atoms with Crippen molar-refractivity contribution >= 4 is 18.8 Å². The van der Waals surface area contributed by atoms with Crippen LogP contribution in [0, 0.1) is 11.5 Å². The average molecular weight is 358 g/mol. The van der Waals surface area contributed by atoms with Gasteiger partial charge in [-0.3, -0.25) is 0 Å². The maximum absolute atomic E-state index is 3.65. The summed E-state index contributed by atoms with van der Waals surface area (Å²) in [7, 11) is -1.32. The van der Waals surface area contributed by atoms with Crippen LogP contribution in [-0.4, -0.2) is 8.07 Å². The number of rotatable bonds is 4. The highest BCUT2D eigenvalue weighted by Crippen LogP contribution is 2.24. The van der Waals surface area contributed by atoms with E-state index in [2.05, 4.69) is 110 Å². The molecule has 0 aliphatic heterocycles.